The molecule has 0 radical (unpaired) electrons. The molecule has 2 heterocycles. The maximum Gasteiger partial charge on any atom is 0.156 e. The molecule has 0 spiro atoms. The fourth-order valence-corrected chi connectivity index (χ4v) is 1.89. The summed E-state index contributed by atoms with van der Waals surface area (Å²) in [5, 5.41) is 7.59. The summed E-state index contributed by atoms with van der Waals surface area (Å²) >= 11 is 0. The standard InChI is InChI=1S/C13H13N5/c1-9-7-12-13(15-5-6-18(12)17-9)16-11-4-2-3-10(14)8-11/h2-8H,14H2,1H3,(H,15,16). The molecule has 0 unspecified atom stereocenters. The number of aryl methyl sites for hydroxylation is 1. The normalized spacial score (nSPS) is 10.7. The van der Waals surface area contributed by atoms with Crippen LogP contribution in [-0.4, -0.2) is 14.6 Å². The van der Waals surface area contributed by atoms with Crippen LogP contribution in [0.15, 0.2) is 42.7 Å². The van der Waals surface area contributed by atoms with Gasteiger partial charge in [0.1, 0.15) is 5.52 Å². The number of hydrogen-bond donors (Lipinski definition) is 2. The van der Waals surface area contributed by atoms with Crippen molar-refractivity contribution in [3.05, 3.63) is 48.4 Å². The molecule has 3 aromatic rings. The molecule has 0 aliphatic rings. The molecule has 0 atom stereocenters. The van der Waals surface area contributed by atoms with Crippen LogP contribution < -0.4 is 11.1 Å². The van der Waals surface area contributed by atoms with Crippen molar-refractivity contribution < 1.29 is 0 Å². The Labute approximate surface area is 104 Å². The van der Waals surface area contributed by atoms with E-state index in [1.165, 1.54) is 0 Å². The van der Waals surface area contributed by atoms with Gasteiger partial charge in [0.25, 0.3) is 0 Å². The summed E-state index contributed by atoms with van der Waals surface area (Å²) in [5.74, 6) is 0.767. The van der Waals surface area contributed by atoms with Gasteiger partial charge in [-0.15, -0.1) is 0 Å². The lowest BCUT2D eigenvalue weighted by atomic mass is 10.3. The average Bonchev–Trinajstić information content (AvgIpc) is 2.71. The second kappa shape index (κ2) is 4.03. The van der Waals surface area contributed by atoms with Crippen LogP contribution in [0.3, 0.4) is 0 Å². The fourth-order valence-electron chi connectivity index (χ4n) is 1.89. The van der Waals surface area contributed by atoms with E-state index in [1.54, 1.807) is 10.7 Å². The molecular formula is C13H13N5. The highest BCUT2D eigenvalue weighted by atomic mass is 15.2. The molecule has 0 saturated carbocycles. The molecule has 0 aliphatic carbocycles. The number of aromatic nitrogens is 3. The Morgan fingerprint density at radius 2 is 2.17 bits per heavy atom. The second-order valence-corrected chi connectivity index (χ2v) is 4.14. The van der Waals surface area contributed by atoms with E-state index in [9.17, 15) is 0 Å². The van der Waals surface area contributed by atoms with Crippen molar-refractivity contribution in [2.75, 3.05) is 11.1 Å². The van der Waals surface area contributed by atoms with E-state index in [4.69, 9.17) is 5.73 Å². The van der Waals surface area contributed by atoms with Gasteiger partial charge in [0.05, 0.1) is 5.69 Å². The van der Waals surface area contributed by atoms with E-state index in [2.05, 4.69) is 15.4 Å². The lowest BCUT2D eigenvalue weighted by Crippen LogP contribution is -1.98. The smallest absolute Gasteiger partial charge is 0.156 e. The zero-order valence-corrected chi connectivity index (χ0v) is 9.96. The number of nitrogens with two attached hydrogens (primary N) is 1. The highest BCUT2D eigenvalue weighted by Gasteiger charge is 2.05. The van der Waals surface area contributed by atoms with Crippen molar-refractivity contribution in [2.24, 2.45) is 0 Å². The molecule has 90 valence electrons. The Hall–Kier alpha value is -2.56. The summed E-state index contributed by atoms with van der Waals surface area (Å²) in [5.41, 5.74) is 9.28. The van der Waals surface area contributed by atoms with Crippen LogP contribution in [0, 0.1) is 6.92 Å². The van der Waals surface area contributed by atoms with E-state index in [-0.39, 0.29) is 0 Å². The van der Waals surface area contributed by atoms with Crippen LogP contribution in [0.4, 0.5) is 17.2 Å². The van der Waals surface area contributed by atoms with Crippen LogP contribution in [0.1, 0.15) is 5.69 Å². The first-order chi connectivity index (χ1) is 8.72. The first kappa shape index (κ1) is 10.6. The van der Waals surface area contributed by atoms with Crippen molar-refractivity contribution in [1.82, 2.24) is 14.6 Å². The van der Waals surface area contributed by atoms with Gasteiger partial charge in [-0.1, -0.05) is 6.07 Å². The first-order valence-electron chi connectivity index (χ1n) is 5.66. The summed E-state index contributed by atoms with van der Waals surface area (Å²) in [7, 11) is 0. The summed E-state index contributed by atoms with van der Waals surface area (Å²) in [6.45, 7) is 1.96. The zero-order chi connectivity index (χ0) is 12.5. The molecule has 5 nitrogen and oxygen atoms in total. The van der Waals surface area contributed by atoms with Crippen molar-refractivity contribution >= 4 is 22.7 Å². The van der Waals surface area contributed by atoms with Gasteiger partial charge in [-0.2, -0.15) is 5.10 Å². The number of fused-ring (bicyclic) bond motifs is 1. The van der Waals surface area contributed by atoms with Crippen molar-refractivity contribution in [2.45, 2.75) is 6.92 Å². The van der Waals surface area contributed by atoms with E-state index in [1.807, 2.05) is 43.5 Å². The summed E-state index contributed by atoms with van der Waals surface area (Å²) < 4.78 is 1.80. The quantitative estimate of drug-likeness (QED) is 0.674. The number of nitrogen functional groups attached to an aromatic ring is 1. The van der Waals surface area contributed by atoms with E-state index >= 15 is 0 Å². The third kappa shape index (κ3) is 1.86. The molecule has 2 aromatic heterocycles. The highest BCUT2D eigenvalue weighted by molar-refractivity contribution is 5.74. The van der Waals surface area contributed by atoms with Gasteiger partial charge in [0, 0.05) is 23.8 Å². The number of anilines is 3. The molecule has 18 heavy (non-hydrogen) atoms. The third-order valence-corrected chi connectivity index (χ3v) is 2.66. The van der Waals surface area contributed by atoms with Crippen LogP contribution in [0.25, 0.3) is 5.52 Å². The largest absolute Gasteiger partial charge is 0.399 e. The van der Waals surface area contributed by atoms with Gasteiger partial charge in [-0.25, -0.2) is 9.50 Å². The monoisotopic (exact) mass is 239 g/mol. The zero-order valence-electron chi connectivity index (χ0n) is 9.96. The number of nitrogens with zero attached hydrogens (tertiary/aromatic N) is 3. The molecule has 0 fully saturated rings. The SMILES string of the molecule is Cc1cc2c(Nc3cccc(N)c3)nccn2n1. The predicted molar refractivity (Wildman–Crippen MR) is 71.9 cm³/mol. The minimum atomic E-state index is 0.719. The van der Waals surface area contributed by atoms with Crippen LogP contribution in [-0.2, 0) is 0 Å². The molecule has 0 bridgehead atoms. The average molecular weight is 239 g/mol. The van der Waals surface area contributed by atoms with Crippen LogP contribution in [0.5, 0.6) is 0 Å². The lowest BCUT2D eigenvalue weighted by Gasteiger charge is -2.07. The third-order valence-electron chi connectivity index (χ3n) is 2.66. The number of rotatable bonds is 2. The predicted octanol–water partition coefficient (Wildman–Crippen LogP) is 2.36. The van der Waals surface area contributed by atoms with E-state index < -0.39 is 0 Å². The molecular weight excluding hydrogens is 226 g/mol. The Bertz CT molecular complexity index is 701. The molecule has 3 N–H and O–H groups in total. The maximum atomic E-state index is 5.75. The minimum Gasteiger partial charge on any atom is -0.399 e. The van der Waals surface area contributed by atoms with E-state index in [0.29, 0.717) is 0 Å². The van der Waals surface area contributed by atoms with Crippen LogP contribution in [0.2, 0.25) is 0 Å². The summed E-state index contributed by atoms with van der Waals surface area (Å²) in [4.78, 5) is 4.33. The van der Waals surface area contributed by atoms with Gasteiger partial charge in [0.2, 0.25) is 0 Å². The van der Waals surface area contributed by atoms with Crippen molar-refractivity contribution in [3.63, 3.8) is 0 Å². The lowest BCUT2D eigenvalue weighted by molar-refractivity contribution is 0.924. The minimum absolute atomic E-state index is 0.719. The molecule has 0 aliphatic heterocycles. The Kier molecular flexibility index (Phi) is 2.37. The number of nitrogens with one attached hydrogen (secondary N) is 1. The molecule has 1 aromatic carbocycles. The molecule has 0 saturated heterocycles. The van der Waals surface area contributed by atoms with Gasteiger partial charge in [0.15, 0.2) is 5.82 Å². The number of hydrogen-bond acceptors (Lipinski definition) is 4. The molecule has 3 rings (SSSR count). The highest BCUT2D eigenvalue weighted by Crippen LogP contribution is 2.21. The molecule has 5 heteroatoms. The fraction of sp³-hybridized carbons (Fsp3) is 0.0769. The Morgan fingerprint density at radius 3 is 3.00 bits per heavy atom. The summed E-state index contributed by atoms with van der Waals surface area (Å²) in [6.07, 6.45) is 3.54. The second-order valence-electron chi connectivity index (χ2n) is 4.14. The van der Waals surface area contributed by atoms with E-state index in [0.717, 1.165) is 28.4 Å². The Balaban J connectivity index is 2.04. The van der Waals surface area contributed by atoms with Gasteiger partial charge >= 0.3 is 0 Å². The van der Waals surface area contributed by atoms with Crippen LogP contribution >= 0.6 is 0 Å². The maximum absolute atomic E-state index is 5.75. The van der Waals surface area contributed by atoms with Gasteiger partial charge in [-0.3, -0.25) is 0 Å². The van der Waals surface area contributed by atoms with Crippen molar-refractivity contribution in [1.29, 1.82) is 0 Å². The number of benzene rings is 1. The summed E-state index contributed by atoms with van der Waals surface area (Å²) in [6, 6.07) is 9.56. The Morgan fingerprint density at radius 1 is 1.28 bits per heavy atom. The molecule has 0 amide bonds. The topological polar surface area (TPSA) is 68.2 Å². The van der Waals surface area contributed by atoms with Gasteiger partial charge in [-0.05, 0) is 31.2 Å². The first-order valence-corrected chi connectivity index (χ1v) is 5.66. The van der Waals surface area contributed by atoms with Crippen molar-refractivity contribution in [3.8, 4) is 0 Å². The van der Waals surface area contributed by atoms with Gasteiger partial charge < -0.3 is 11.1 Å².